The highest BCUT2D eigenvalue weighted by Crippen LogP contribution is 2.47. The molecule has 0 heterocycles. The average molecular weight is 863 g/mol. The smallest absolute Gasteiger partial charge is 0.462 e. The molecule has 1 aliphatic rings. The molecular weight excluding hydrogens is 779 g/mol. The molecular formula is C45H83O13P. The molecule has 0 amide bonds. The zero-order chi connectivity index (χ0) is 43.6. The minimum Gasteiger partial charge on any atom is -0.462 e. The maximum absolute atomic E-state index is 12.8. The second kappa shape index (κ2) is 35.9. The second-order valence-electron chi connectivity index (χ2n) is 16.3. The molecule has 14 heteroatoms. The van der Waals surface area contributed by atoms with E-state index in [9.17, 15) is 44.6 Å². The van der Waals surface area contributed by atoms with Crippen LogP contribution in [0.2, 0.25) is 0 Å². The zero-order valence-electron chi connectivity index (χ0n) is 36.6. The molecule has 1 rings (SSSR count). The van der Waals surface area contributed by atoms with Gasteiger partial charge in [0.15, 0.2) is 6.10 Å². The Morgan fingerprint density at radius 1 is 0.508 bits per heavy atom. The minimum atomic E-state index is -5.12. The number of aliphatic hydroxyl groups is 5. The second-order valence-corrected chi connectivity index (χ2v) is 17.7. The van der Waals surface area contributed by atoms with Gasteiger partial charge in [-0.15, -0.1) is 0 Å². The van der Waals surface area contributed by atoms with Crippen LogP contribution in [0, 0.1) is 0 Å². The Morgan fingerprint density at radius 2 is 0.864 bits per heavy atom. The van der Waals surface area contributed by atoms with Crippen molar-refractivity contribution in [1.82, 2.24) is 0 Å². The van der Waals surface area contributed by atoms with E-state index in [-0.39, 0.29) is 12.8 Å². The fraction of sp³-hybridized carbons (Fsp3) is 0.867. The number of hydrogen-bond donors (Lipinski definition) is 6. The third-order valence-electron chi connectivity index (χ3n) is 10.8. The highest BCUT2D eigenvalue weighted by atomic mass is 31.2. The van der Waals surface area contributed by atoms with Gasteiger partial charge in [-0.3, -0.25) is 18.6 Å². The van der Waals surface area contributed by atoms with E-state index in [4.69, 9.17) is 18.5 Å². The summed E-state index contributed by atoms with van der Waals surface area (Å²) in [6.45, 7) is 3.27. The molecule has 6 N–H and O–H groups in total. The first-order valence-corrected chi connectivity index (χ1v) is 24.6. The molecule has 8 atom stereocenters. The highest BCUT2D eigenvalue weighted by molar-refractivity contribution is 7.47. The summed E-state index contributed by atoms with van der Waals surface area (Å²) >= 11 is 0. The minimum absolute atomic E-state index is 0.0876. The SMILES string of the molecule is CCCCCC/C=C\CCCCCCCCCC(=O)OC[C@H](COP(=O)(O)OC1C(O)C(O)C(O)[C@@H](O)C1O)OC(=O)CCCCCCC/C=C\CCCCCCCC. The Kier molecular flexibility index (Phi) is 33.7. The molecule has 0 bridgehead atoms. The van der Waals surface area contributed by atoms with Gasteiger partial charge in [0.2, 0.25) is 0 Å². The van der Waals surface area contributed by atoms with Crippen molar-refractivity contribution in [2.75, 3.05) is 13.2 Å². The van der Waals surface area contributed by atoms with Gasteiger partial charge in [0.1, 0.15) is 43.2 Å². The zero-order valence-corrected chi connectivity index (χ0v) is 37.4. The van der Waals surface area contributed by atoms with E-state index in [0.29, 0.717) is 12.8 Å². The van der Waals surface area contributed by atoms with Crippen molar-refractivity contribution in [2.24, 2.45) is 0 Å². The topological polar surface area (TPSA) is 210 Å². The molecule has 1 fully saturated rings. The van der Waals surface area contributed by atoms with Crippen LogP contribution in [0.4, 0.5) is 0 Å². The number of phosphoric ester groups is 1. The molecule has 0 aromatic rings. The van der Waals surface area contributed by atoms with Crippen LogP contribution in [0.3, 0.4) is 0 Å². The van der Waals surface area contributed by atoms with Crippen molar-refractivity contribution in [3.63, 3.8) is 0 Å². The monoisotopic (exact) mass is 863 g/mol. The van der Waals surface area contributed by atoms with Crippen LogP contribution in [0.5, 0.6) is 0 Å². The largest absolute Gasteiger partial charge is 0.472 e. The first-order chi connectivity index (χ1) is 28.4. The molecule has 0 spiro atoms. The third kappa shape index (κ3) is 28.5. The van der Waals surface area contributed by atoms with Crippen LogP contribution in [0.15, 0.2) is 24.3 Å². The molecule has 1 saturated carbocycles. The summed E-state index contributed by atoms with van der Waals surface area (Å²) in [5.74, 6) is -1.11. The Hall–Kier alpha value is -1.67. The van der Waals surface area contributed by atoms with E-state index >= 15 is 0 Å². The number of allylic oxidation sites excluding steroid dienone is 4. The Morgan fingerprint density at radius 3 is 1.31 bits per heavy atom. The lowest BCUT2D eigenvalue weighted by molar-refractivity contribution is -0.220. The van der Waals surface area contributed by atoms with Crippen molar-refractivity contribution >= 4 is 19.8 Å². The van der Waals surface area contributed by atoms with Gasteiger partial charge in [0, 0.05) is 12.8 Å². The van der Waals surface area contributed by atoms with Gasteiger partial charge < -0.3 is 39.9 Å². The van der Waals surface area contributed by atoms with Crippen molar-refractivity contribution in [1.29, 1.82) is 0 Å². The van der Waals surface area contributed by atoms with E-state index in [1.54, 1.807) is 0 Å². The molecule has 6 unspecified atom stereocenters. The van der Waals surface area contributed by atoms with E-state index in [0.717, 1.165) is 70.6 Å². The fourth-order valence-corrected chi connectivity index (χ4v) is 7.95. The molecule has 0 aromatic carbocycles. The number of unbranched alkanes of at least 4 members (excludes halogenated alkanes) is 22. The van der Waals surface area contributed by atoms with Gasteiger partial charge in [0.05, 0.1) is 6.61 Å². The number of aliphatic hydroxyl groups excluding tert-OH is 5. The summed E-state index contributed by atoms with van der Waals surface area (Å²) in [6.07, 6.45) is 25.1. The molecule has 0 radical (unpaired) electrons. The molecule has 0 aromatic heterocycles. The van der Waals surface area contributed by atoms with Crippen LogP contribution >= 0.6 is 7.82 Å². The predicted octanol–water partition coefficient (Wildman–Crippen LogP) is 8.84. The summed E-state index contributed by atoms with van der Waals surface area (Å²) in [5.41, 5.74) is 0. The van der Waals surface area contributed by atoms with Crippen LogP contribution in [-0.4, -0.2) is 98.3 Å². The van der Waals surface area contributed by atoms with E-state index in [2.05, 4.69) is 38.2 Å². The Balaban J connectivity index is 2.47. The number of hydrogen-bond acceptors (Lipinski definition) is 12. The lowest BCUT2D eigenvalue weighted by atomic mass is 9.85. The molecule has 0 saturated heterocycles. The number of phosphoric acid groups is 1. The summed E-state index contributed by atoms with van der Waals surface area (Å²) < 4.78 is 33.5. The molecule has 346 valence electrons. The van der Waals surface area contributed by atoms with Crippen LogP contribution in [0.1, 0.15) is 194 Å². The quantitative estimate of drug-likeness (QED) is 0.0149. The van der Waals surface area contributed by atoms with Gasteiger partial charge >= 0.3 is 19.8 Å². The molecule has 59 heavy (non-hydrogen) atoms. The Bertz CT molecular complexity index is 1130. The molecule has 1 aliphatic carbocycles. The molecule has 0 aliphatic heterocycles. The standard InChI is InChI=1S/C45H83O13P/c1-3-5-7-9-11-13-15-17-19-21-23-25-27-29-31-33-38(46)55-35-37(36-56-59(53,54)58-45-43(51)41(49)40(48)42(50)44(45)52)57-39(47)34-32-30-28-26-24-22-20-18-16-14-12-10-8-6-4-2/h13,15,18,20,37,40-45,48-52H,3-12,14,16-17,19,21-36H2,1-2H3,(H,53,54)/b15-13-,20-18-/t37-,40?,41-,42?,43?,44?,45?/m1/s1. The normalized spacial score (nSPS) is 22.5. The first-order valence-electron chi connectivity index (χ1n) is 23.1. The van der Waals surface area contributed by atoms with Gasteiger partial charge in [-0.2, -0.15) is 0 Å². The van der Waals surface area contributed by atoms with E-state index in [1.165, 1.54) is 83.5 Å². The van der Waals surface area contributed by atoms with Gasteiger partial charge in [-0.25, -0.2) is 4.57 Å². The maximum Gasteiger partial charge on any atom is 0.472 e. The van der Waals surface area contributed by atoms with E-state index < -0.39 is 75.7 Å². The average Bonchev–Trinajstić information content (AvgIpc) is 3.21. The number of ether oxygens (including phenoxy) is 2. The number of rotatable bonds is 38. The summed E-state index contributed by atoms with van der Waals surface area (Å²) in [6, 6.07) is 0. The fourth-order valence-electron chi connectivity index (χ4n) is 6.98. The lowest BCUT2D eigenvalue weighted by Gasteiger charge is -2.41. The summed E-state index contributed by atoms with van der Waals surface area (Å²) in [5, 5.41) is 50.1. The van der Waals surface area contributed by atoms with Crippen LogP contribution in [-0.2, 0) is 32.7 Å². The highest BCUT2D eigenvalue weighted by Gasteiger charge is 2.51. The molecule has 13 nitrogen and oxygen atoms in total. The lowest BCUT2D eigenvalue weighted by Crippen LogP contribution is -2.64. The maximum atomic E-state index is 12.8. The van der Waals surface area contributed by atoms with Gasteiger partial charge in [0.25, 0.3) is 0 Å². The van der Waals surface area contributed by atoms with Crippen molar-refractivity contribution in [2.45, 2.75) is 236 Å². The van der Waals surface area contributed by atoms with Crippen molar-refractivity contribution in [3.8, 4) is 0 Å². The van der Waals surface area contributed by atoms with Crippen molar-refractivity contribution in [3.05, 3.63) is 24.3 Å². The Labute approximate surface area is 356 Å². The number of carbonyl (C=O) groups is 2. The first kappa shape index (κ1) is 55.3. The summed E-state index contributed by atoms with van der Waals surface area (Å²) in [4.78, 5) is 35.7. The number of esters is 2. The van der Waals surface area contributed by atoms with Crippen LogP contribution in [0.25, 0.3) is 0 Å². The van der Waals surface area contributed by atoms with Crippen molar-refractivity contribution < 1.29 is 63.1 Å². The van der Waals surface area contributed by atoms with Gasteiger partial charge in [-0.1, -0.05) is 141 Å². The summed E-state index contributed by atoms with van der Waals surface area (Å²) in [7, 11) is -5.12. The van der Waals surface area contributed by atoms with Crippen LogP contribution < -0.4 is 0 Å². The third-order valence-corrected chi connectivity index (χ3v) is 11.8. The number of carbonyl (C=O) groups excluding carboxylic acids is 2. The van der Waals surface area contributed by atoms with Gasteiger partial charge in [-0.05, 0) is 64.2 Å². The van der Waals surface area contributed by atoms with E-state index in [1.807, 2.05) is 0 Å². The predicted molar refractivity (Wildman–Crippen MR) is 230 cm³/mol.